The van der Waals surface area contributed by atoms with E-state index in [1.807, 2.05) is 6.07 Å². The second-order valence-electron chi connectivity index (χ2n) is 4.49. The van der Waals surface area contributed by atoms with E-state index in [1.54, 1.807) is 16.0 Å². The Morgan fingerprint density at radius 2 is 2.35 bits per heavy atom. The van der Waals surface area contributed by atoms with E-state index >= 15 is 0 Å². The highest BCUT2D eigenvalue weighted by molar-refractivity contribution is 8.00. The third kappa shape index (κ3) is 2.60. The smallest absolute Gasteiger partial charge is 0.215 e. The number of thiophene rings is 1. The zero-order valence-corrected chi connectivity index (χ0v) is 12.8. The molecular weight excluding hydrogens is 312 g/mol. The van der Waals surface area contributed by atoms with Gasteiger partial charge in [-0.3, -0.25) is 0 Å². The first-order chi connectivity index (χ1) is 9.88. The summed E-state index contributed by atoms with van der Waals surface area (Å²) in [6, 6.07) is 4.11. The van der Waals surface area contributed by atoms with E-state index in [1.165, 1.54) is 41.0 Å². The highest BCUT2D eigenvalue weighted by Crippen LogP contribution is 2.40. The molecule has 0 aromatic carbocycles. The van der Waals surface area contributed by atoms with Gasteiger partial charge in [-0.25, -0.2) is 9.67 Å². The highest BCUT2D eigenvalue weighted by atomic mass is 32.2. The van der Waals surface area contributed by atoms with Gasteiger partial charge in [0.05, 0.1) is 6.54 Å². The summed E-state index contributed by atoms with van der Waals surface area (Å²) >= 11 is 4.61. The van der Waals surface area contributed by atoms with E-state index < -0.39 is 0 Å². The van der Waals surface area contributed by atoms with Crippen molar-refractivity contribution in [2.45, 2.75) is 34.8 Å². The fourth-order valence-electron chi connectivity index (χ4n) is 1.77. The summed E-state index contributed by atoms with van der Waals surface area (Å²) in [5.74, 6) is 1.57. The average Bonchev–Trinajstić information content (AvgIpc) is 2.88. The normalized spacial score (nSPS) is 14.8. The van der Waals surface area contributed by atoms with Gasteiger partial charge in [-0.1, -0.05) is 6.07 Å². The molecule has 0 saturated heterocycles. The fourth-order valence-corrected chi connectivity index (χ4v) is 4.01. The van der Waals surface area contributed by atoms with Crippen LogP contribution in [0.5, 0.6) is 0 Å². The zero-order chi connectivity index (χ0) is 13.4. The van der Waals surface area contributed by atoms with Crippen LogP contribution >= 0.6 is 34.6 Å². The first-order valence-electron chi connectivity index (χ1n) is 6.18. The molecule has 3 aromatic rings. The summed E-state index contributed by atoms with van der Waals surface area (Å²) in [6.45, 7) is 0.696. The molecule has 1 saturated carbocycles. The summed E-state index contributed by atoms with van der Waals surface area (Å²) < 4.78 is 7.11. The predicted molar refractivity (Wildman–Crippen MR) is 77.2 cm³/mol. The van der Waals surface area contributed by atoms with E-state index in [-0.39, 0.29) is 0 Å². The van der Waals surface area contributed by atoms with Gasteiger partial charge in [0.15, 0.2) is 4.34 Å². The van der Waals surface area contributed by atoms with Crippen LogP contribution in [0.15, 0.2) is 27.0 Å². The number of nitrogens with zero attached hydrogens (tertiary/aromatic N) is 6. The van der Waals surface area contributed by atoms with Crippen molar-refractivity contribution in [1.82, 2.24) is 29.6 Å². The van der Waals surface area contributed by atoms with Crippen LogP contribution < -0.4 is 0 Å². The standard InChI is InChI=1S/C11H10N6S3/c1-2-8(18-5-1)6-17-10(13-15-16-17)19-11-12-9(14-20-11)7-3-4-7/h1-2,5,7H,3-4,6H2. The molecular formula is C11H10N6S3. The Morgan fingerprint density at radius 1 is 1.40 bits per heavy atom. The number of tetrazole rings is 1. The number of rotatable bonds is 5. The van der Waals surface area contributed by atoms with Crippen molar-refractivity contribution >= 4 is 34.6 Å². The molecule has 6 nitrogen and oxygen atoms in total. The minimum Gasteiger partial charge on any atom is -0.215 e. The van der Waals surface area contributed by atoms with Crippen molar-refractivity contribution in [3.63, 3.8) is 0 Å². The quantitative estimate of drug-likeness (QED) is 0.719. The monoisotopic (exact) mass is 322 g/mol. The van der Waals surface area contributed by atoms with Crippen LogP contribution in [0.4, 0.5) is 0 Å². The van der Waals surface area contributed by atoms with Gasteiger partial charge >= 0.3 is 0 Å². The van der Waals surface area contributed by atoms with Crippen LogP contribution in [0, 0.1) is 0 Å². The molecule has 0 aliphatic heterocycles. The molecule has 20 heavy (non-hydrogen) atoms. The lowest BCUT2D eigenvalue weighted by molar-refractivity contribution is 0.608. The molecule has 0 unspecified atom stereocenters. The van der Waals surface area contributed by atoms with Gasteiger partial charge in [0.2, 0.25) is 5.16 Å². The molecule has 0 spiro atoms. The summed E-state index contributed by atoms with van der Waals surface area (Å²) in [7, 11) is 0. The van der Waals surface area contributed by atoms with Crippen LogP contribution in [0.25, 0.3) is 0 Å². The summed E-state index contributed by atoms with van der Waals surface area (Å²) in [6.07, 6.45) is 2.44. The lowest BCUT2D eigenvalue weighted by Gasteiger charge is -1.99. The van der Waals surface area contributed by atoms with Gasteiger partial charge in [0, 0.05) is 10.8 Å². The SMILES string of the molecule is c1csc(Cn2nnnc2Sc2nc(C3CC3)ns2)c1. The molecule has 0 N–H and O–H groups in total. The van der Waals surface area contributed by atoms with Crippen molar-refractivity contribution < 1.29 is 0 Å². The summed E-state index contributed by atoms with van der Waals surface area (Å²) in [5, 5.41) is 14.7. The Kier molecular flexibility index (Phi) is 3.25. The molecule has 1 fully saturated rings. The molecule has 1 aliphatic rings. The Bertz CT molecular complexity index is 699. The molecule has 4 rings (SSSR count). The van der Waals surface area contributed by atoms with Crippen molar-refractivity contribution in [2.75, 3.05) is 0 Å². The van der Waals surface area contributed by atoms with Crippen molar-refractivity contribution in [3.05, 3.63) is 28.2 Å². The van der Waals surface area contributed by atoms with E-state index in [9.17, 15) is 0 Å². The Balaban J connectivity index is 1.51. The predicted octanol–water partition coefficient (Wildman–Crippen LogP) is 2.66. The topological polar surface area (TPSA) is 69.4 Å². The Morgan fingerprint density at radius 3 is 3.15 bits per heavy atom. The van der Waals surface area contributed by atoms with Crippen LogP contribution in [-0.4, -0.2) is 29.6 Å². The second-order valence-corrected chi connectivity index (χ2v) is 7.49. The van der Waals surface area contributed by atoms with Crippen LogP contribution in [-0.2, 0) is 6.54 Å². The molecule has 0 atom stereocenters. The van der Waals surface area contributed by atoms with E-state index in [0.717, 1.165) is 15.3 Å². The van der Waals surface area contributed by atoms with Crippen molar-refractivity contribution in [1.29, 1.82) is 0 Å². The van der Waals surface area contributed by atoms with Crippen LogP contribution in [0.3, 0.4) is 0 Å². The lowest BCUT2D eigenvalue weighted by Crippen LogP contribution is -2.02. The Labute approximate surface area is 127 Å². The first kappa shape index (κ1) is 12.4. The van der Waals surface area contributed by atoms with Gasteiger partial charge in [-0.05, 0) is 58.0 Å². The Hall–Kier alpha value is -1.32. The third-order valence-corrected chi connectivity index (χ3v) is 5.53. The minimum absolute atomic E-state index is 0.586. The maximum absolute atomic E-state index is 4.55. The molecule has 0 radical (unpaired) electrons. The average molecular weight is 322 g/mol. The number of hydrogen-bond acceptors (Lipinski definition) is 8. The van der Waals surface area contributed by atoms with Crippen molar-refractivity contribution in [3.8, 4) is 0 Å². The van der Waals surface area contributed by atoms with Crippen LogP contribution in [0.2, 0.25) is 0 Å². The highest BCUT2D eigenvalue weighted by Gasteiger charge is 2.28. The number of aromatic nitrogens is 6. The van der Waals surface area contributed by atoms with E-state index in [4.69, 9.17) is 0 Å². The summed E-state index contributed by atoms with van der Waals surface area (Å²) in [4.78, 5) is 5.78. The van der Waals surface area contributed by atoms with E-state index in [2.05, 4.69) is 36.3 Å². The van der Waals surface area contributed by atoms with Gasteiger partial charge in [0.25, 0.3) is 0 Å². The first-order valence-corrected chi connectivity index (χ1v) is 8.65. The van der Waals surface area contributed by atoms with Crippen molar-refractivity contribution in [2.24, 2.45) is 0 Å². The molecule has 9 heteroatoms. The van der Waals surface area contributed by atoms with Gasteiger partial charge < -0.3 is 0 Å². The van der Waals surface area contributed by atoms with Gasteiger partial charge in [0.1, 0.15) is 5.82 Å². The maximum atomic E-state index is 4.55. The molecule has 102 valence electrons. The second kappa shape index (κ2) is 5.23. The minimum atomic E-state index is 0.586. The largest absolute Gasteiger partial charge is 0.216 e. The van der Waals surface area contributed by atoms with Gasteiger partial charge in [-0.2, -0.15) is 4.37 Å². The number of hydrogen-bond donors (Lipinski definition) is 0. The zero-order valence-electron chi connectivity index (χ0n) is 10.3. The summed E-state index contributed by atoms with van der Waals surface area (Å²) in [5.41, 5.74) is 0. The molecule has 1 aliphatic carbocycles. The molecule has 0 amide bonds. The molecule has 0 bridgehead atoms. The van der Waals surface area contributed by atoms with Crippen LogP contribution in [0.1, 0.15) is 29.5 Å². The lowest BCUT2D eigenvalue weighted by atomic mass is 10.4. The van der Waals surface area contributed by atoms with E-state index in [0.29, 0.717) is 12.5 Å². The maximum Gasteiger partial charge on any atom is 0.216 e. The molecule has 3 aromatic heterocycles. The fraction of sp³-hybridized carbons (Fsp3) is 0.364. The third-order valence-electron chi connectivity index (χ3n) is 2.93. The van der Waals surface area contributed by atoms with Gasteiger partial charge in [-0.15, -0.1) is 16.4 Å². The molecule has 3 heterocycles.